The zero-order valence-corrected chi connectivity index (χ0v) is 11.8. The Labute approximate surface area is 115 Å². The molecule has 0 aliphatic carbocycles. The first-order valence-electron chi connectivity index (χ1n) is 5.96. The topological polar surface area (TPSA) is 12.0 Å². The summed E-state index contributed by atoms with van der Waals surface area (Å²) in [6.07, 6.45) is 0.982. The highest BCUT2D eigenvalue weighted by atomic mass is 79.9. The molecule has 0 radical (unpaired) electrons. The predicted molar refractivity (Wildman–Crippen MR) is 77.2 cm³/mol. The molecular weight excluding hydrogens is 293 g/mol. The molecule has 0 aromatic heterocycles. The minimum atomic E-state index is -0.218. The molecule has 1 nitrogen and oxygen atoms in total. The average Bonchev–Trinajstić information content (AvgIpc) is 2.35. The third-order valence-electron chi connectivity index (χ3n) is 2.80. The average molecular weight is 308 g/mol. The molecule has 0 aliphatic heterocycles. The lowest BCUT2D eigenvalue weighted by atomic mass is 10.1. The SMILES string of the molecule is CCc1ccccc1NCc1cc(F)cc(Br)c1. The third-order valence-corrected chi connectivity index (χ3v) is 3.26. The molecule has 2 rings (SSSR count). The Bertz CT molecular complexity index is 520. The number of nitrogens with one attached hydrogen (secondary N) is 1. The maximum absolute atomic E-state index is 13.2. The molecule has 2 aromatic carbocycles. The molecule has 0 bridgehead atoms. The van der Waals surface area contributed by atoms with Gasteiger partial charge in [-0.2, -0.15) is 0 Å². The van der Waals surface area contributed by atoms with Crippen LogP contribution in [0.15, 0.2) is 46.9 Å². The highest BCUT2D eigenvalue weighted by Gasteiger charge is 2.01. The highest BCUT2D eigenvalue weighted by molar-refractivity contribution is 9.10. The van der Waals surface area contributed by atoms with E-state index in [9.17, 15) is 4.39 Å². The molecule has 0 unspecified atom stereocenters. The molecule has 0 heterocycles. The zero-order chi connectivity index (χ0) is 13.0. The van der Waals surface area contributed by atoms with Gasteiger partial charge in [0.2, 0.25) is 0 Å². The number of hydrogen-bond acceptors (Lipinski definition) is 1. The van der Waals surface area contributed by atoms with E-state index in [-0.39, 0.29) is 5.82 Å². The van der Waals surface area contributed by atoms with E-state index < -0.39 is 0 Å². The molecular formula is C15H15BrFN. The van der Waals surface area contributed by atoms with Crippen molar-refractivity contribution in [3.8, 4) is 0 Å². The summed E-state index contributed by atoms with van der Waals surface area (Å²) in [5.41, 5.74) is 3.31. The van der Waals surface area contributed by atoms with Gasteiger partial charge in [-0.25, -0.2) is 4.39 Å². The second-order valence-electron chi connectivity index (χ2n) is 4.14. The van der Waals surface area contributed by atoms with Crippen LogP contribution in [0.3, 0.4) is 0 Å². The van der Waals surface area contributed by atoms with Gasteiger partial charge in [0, 0.05) is 16.7 Å². The maximum atomic E-state index is 13.2. The van der Waals surface area contributed by atoms with Gasteiger partial charge in [-0.1, -0.05) is 41.1 Å². The van der Waals surface area contributed by atoms with Gasteiger partial charge in [-0.05, 0) is 41.8 Å². The summed E-state index contributed by atoms with van der Waals surface area (Å²) in [7, 11) is 0. The van der Waals surface area contributed by atoms with Gasteiger partial charge in [0.1, 0.15) is 5.82 Å². The van der Waals surface area contributed by atoms with E-state index >= 15 is 0 Å². The van der Waals surface area contributed by atoms with Crippen LogP contribution in [-0.2, 0) is 13.0 Å². The number of hydrogen-bond donors (Lipinski definition) is 1. The first-order valence-corrected chi connectivity index (χ1v) is 6.75. The molecule has 0 amide bonds. The normalized spacial score (nSPS) is 10.4. The molecule has 18 heavy (non-hydrogen) atoms. The van der Waals surface area contributed by atoms with Crippen LogP contribution in [0.5, 0.6) is 0 Å². The number of para-hydroxylation sites is 1. The number of anilines is 1. The molecule has 0 fully saturated rings. The summed E-state index contributed by atoms with van der Waals surface area (Å²) in [5, 5.41) is 3.35. The van der Waals surface area contributed by atoms with Gasteiger partial charge in [-0.15, -0.1) is 0 Å². The Kier molecular flexibility index (Phi) is 4.37. The fraction of sp³-hybridized carbons (Fsp3) is 0.200. The minimum Gasteiger partial charge on any atom is -0.381 e. The molecule has 0 atom stereocenters. The van der Waals surface area contributed by atoms with Crippen molar-refractivity contribution in [2.24, 2.45) is 0 Å². The fourth-order valence-corrected chi connectivity index (χ4v) is 2.42. The van der Waals surface area contributed by atoms with Crippen LogP contribution >= 0.6 is 15.9 Å². The van der Waals surface area contributed by atoms with Crippen molar-refractivity contribution in [1.29, 1.82) is 0 Å². The largest absolute Gasteiger partial charge is 0.381 e. The quantitative estimate of drug-likeness (QED) is 0.858. The highest BCUT2D eigenvalue weighted by Crippen LogP contribution is 2.19. The molecule has 0 saturated carbocycles. The van der Waals surface area contributed by atoms with Gasteiger partial charge in [0.25, 0.3) is 0 Å². The van der Waals surface area contributed by atoms with Crippen molar-refractivity contribution in [1.82, 2.24) is 0 Å². The van der Waals surface area contributed by atoms with E-state index in [2.05, 4.69) is 34.2 Å². The van der Waals surface area contributed by atoms with Gasteiger partial charge >= 0.3 is 0 Å². The lowest BCUT2D eigenvalue weighted by molar-refractivity contribution is 0.625. The molecule has 2 aromatic rings. The number of rotatable bonds is 4. The monoisotopic (exact) mass is 307 g/mol. The van der Waals surface area contributed by atoms with Gasteiger partial charge in [0.15, 0.2) is 0 Å². The molecule has 1 N–H and O–H groups in total. The minimum absolute atomic E-state index is 0.218. The first-order chi connectivity index (χ1) is 8.69. The lowest BCUT2D eigenvalue weighted by Crippen LogP contribution is -2.02. The van der Waals surface area contributed by atoms with Crippen LogP contribution in [0.4, 0.5) is 10.1 Å². The molecule has 3 heteroatoms. The van der Waals surface area contributed by atoms with Crippen molar-refractivity contribution in [3.05, 3.63) is 63.9 Å². The Morgan fingerprint density at radius 3 is 2.67 bits per heavy atom. The van der Waals surface area contributed by atoms with Crippen molar-refractivity contribution in [3.63, 3.8) is 0 Å². The lowest BCUT2D eigenvalue weighted by Gasteiger charge is -2.11. The van der Waals surface area contributed by atoms with E-state index in [1.807, 2.05) is 24.3 Å². The van der Waals surface area contributed by atoms with E-state index in [0.29, 0.717) is 6.54 Å². The van der Waals surface area contributed by atoms with Gasteiger partial charge in [-0.3, -0.25) is 0 Å². The summed E-state index contributed by atoms with van der Waals surface area (Å²) in [6, 6.07) is 13.1. The third kappa shape index (κ3) is 3.33. The summed E-state index contributed by atoms with van der Waals surface area (Å²) in [5.74, 6) is -0.218. The Morgan fingerprint density at radius 1 is 1.17 bits per heavy atom. The van der Waals surface area contributed by atoms with E-state index in [1.54, 1.807) is 6.07 Å². The summed E-state index contributed by atoms with van der Waals surface area (Å²) < 4.78 is 14.0. The van der Waals surface area contributed by atoms with Crippen LogP contribution < -0.4 is 5.32 Å². The number of halogens is 2. The van der Waals surface area contributed by atoms with E-state index in [0.717, 1.165) is 22.1 Å². The van der Waals surface area contributed by atoms with E-state index in [1.165, 1.54) is 11.6 Å². The number of benzene rings is 2. The van der Waals surface area contributed by atoms with E-state index in [4.69, 9.17) is 0 Å². The van der Waals surface area contributed by atoms with Crippen molar-refractivity contribution in [2.75, 3.05) is 5.32 Å². The molecule has 94 valence electrons. The standard InChI is InChI=1S/C15H15BrFN/c1-2-12-5-3-4-6-15(12)18-10-11-7-13(16)9-14(17)8-11/h3-9,18H,2,10H2,1H3. The van der Waals surface area contributed by atoms with Crippen molar-refractivity contribution >= 4 is 21.6 Å². The summed E-state index contributed by atoms with van der Waals surface area (Å²) in [4.78, 5) is 0. The fourth-order valence-electron chi connectivity index (χ4n) is 1.91. The van der Waals surface area contributed by atoms with Crippen molar-refractivity contribution in [2.45, 2.75) is 19.9 Å². The Hall–Kier alpha value is -1.35. The zero-order valence-electron chi connectivity index (χ0n) is 10.2. The Balaban J connectivity index is 2.11. The Morgan fingerprint density at radius 2 is 1.94 bits per heavy atom. The van der Waals surface area contributed by atoms with Crippen LogP contribution in [0, 0.1) is 5.82 Å². The maximum Gasteiger partial charge on any atom is 0.124 e. The van der Waals surface area contributed by atoms with Crippen LogP contribution in [0.1, 0.15) is 18.1 Å². The second kappa shape index (κ2) is 6.01. The second-order valence-corrected chi connectivity index (χ2v) is 5.06. The molecule has 0 aliphatic rings. The van der Waals surface area contributed by atoms with Crippen LogP contribution in [0.25, 0.3) is 0 Å². The van der Waals surface area contributed by atoms with Crippen molar-refractivity contribution < 1.29 is 4.39 Å². The smallest absolute Gasteiger partial charge is 0.124 e. The van der Waals surface area contributed by atoms with Gasteiger partial charge in [0.05, 0.1) is 0 Å². The van der Waals surface area contributed by atoms with Crippen LogP contribution in [-0.4, -0.2) is 0 Å². The number of aryl methyl sites for hydroxylation is 1. The summed E-state index contributed by atoms with van der Waals surface area (Å²) >= 11 is 3.30. The molecule has 0 spiro atoms. The van der Waals surface area contributed by atoms with Gasteiger partial charge < -0.3 is 5.32 Å². The first kappa shape index (κ1) is 13.1. The summed E-state index contributed by atoms with van der Waals surface area (Å²) in [6.45, 7) is 2.74. The predicted octanol–water partition coefficient (Wildman–Crippen LogP) is 4.76. The molecule has 0 saturated heterocycles. The van der Waals surface area contributed by atoms with Crippen LogP contribution in [0.2, 0.25) is 0 Å².